The van der Waals surface area contributed by atoms with Crippen LogP contribution >= 0.6 is 7.82 Å². The molecule has 0 saturated carbocycles. The molecule has 12 heavy (non-hydrogen) atoms. The predicted octanol–water partition coefficient (Wildman–Crippen LogP) is 0.755. The molecule has 0 heterocycles. The zero-order valence-electron chi connectivity index (χ0n) is 6.38. The van der Waals surface area contributed by atoms with Crippen molar-refractivity contribution in [2.45, 2.75) is 6.92 Å². The fraction of sp³-hybridized carbons (Fsp3) is 0.167. The molecule has 0 fully saturated rings. The molecule has 2 N–H and O–H groups in total. The highest BCUT2D eigenvalue weighted by atomic mass is 31.2. The van der Waals surface area contributed by atoms with E-state index < -0.39 is 13.8 Å². The van der Waals surface area contributed by atoms with E-state index in [-0.39, 0.29) is 0 Å². The number of hydrogen-bond acceptors (Lipinski definition) is 3. The summed E-state index contributed by atoms with van der Waals surface area (Å²) in [6.07, 6.45) is 5.42. The van der Waals surface area contributed by atoms with Crippen LogP contribution in [-0.2, 0) is 13.9 Å². The van der Waals surface area contributed by atoms with E-state index in [0.717, 1.165) is 6.08 Å². The molecule has 0 aromatic carbocycles. The van der Waals surface area contributed by atoms with E-state index >= 15 is 0 Å². The zero-order valence-corrected chi connectivity index (χ0v) is 7.27. The maximum Gasteiger partial charge on any atom is 0.527 e. The van der Waals surface area contributed by atoms with Crippen LogP contribution in [0.4, 0.5) is 0 Å². The number of allylic oxidation sites excluding steroid dienone is 3. The van der Waals surface area contributed by atoms with E-state index in [1.54, 1.807) is 13.0 Å². The lowest BCUT2D eigenvalue weighted by Gasteiger charge is -2.00. The van der Waals surface area contributed by atoms with Crippen molar-refractivity contribution < 1.29 is 23.7 Å². The fourth-order valence-electron chi connectivity index (χ4n) is 0.393. The van der Waals surface area contributed by atoms with Gasteiger partial charge in [0.05, 0.1) is 0 Å². The molecular weight excluding hydrogens is 183 g/mol. The highest BCUT2D eigenvalue weighted by Gasteiger charge is 2.17. The molecule has 0 bridgehead atoms. The minimum atomic E-state index is -4.70. The second kappa shape index (κ2) is 4.87. The second-order valence-electron chi connectivity index (χ2n) is 1.79. The first-order valence-electron chi connectivity index (χ1n) is 3.04. The normalized spacial score (nSPS) is 12.6. The van der Waals surface area contributed by atoms with Crippen molar-refractivity contribution in [2.75, 3.05) is 0 Å². The van der Waals surface area contributed by atoms with Crippen LogP contribution < -0.4 is 0 Å². The first-order valence-corrected chi connectivity index (χ1v) is 4.57. The van der Waals surface area contributed by atoms with Crippen LogP contribution in [0.5, 0.6) is 0 Å². The van der Waals surface area contributed by atoms with E-state index in [1.165, 1.54) is 12.2 Å². The van der Waals surface area contributed by atoms with Gasteiger partial charge in [-0.2, -0.15) is 0 Å². The molecule has 0 aliphatic carbocycles. The lowest BCUT2D eigenvalue weighted by atomic mass is 10.4. The molecule has 0 atom stereocenters. The number of hydrogen-bond donors (Lipinski definition) is 2. The molecule has 0 aromatic heterocycles. The van der Waals surface area contributed by atoms with Gasteiger partial charge < -0.3 is 4.52 Å². The van der Waals surface area contributed by atoms with E-state index in [4.69, 9.17) is 9.79 Å². The molecule has 0 amide bonds. The van der Waals surface area contributed by atoms with Crippen LogP contribution in [0, 0.1) is 0 Å². The van der Waals surface area contributed by atoms with Gasteiger partial charge in [0.25, 0.3) is 0 Å². The molecule has 0 aliphatic rings. The predicted molar refractivity (Wildman–Crippen MR) is 42.1 cm³/mol. The summed E-state index contributed by atoms with van der Waals surface area (Å²) >= 11 is 0. The first kappa shape index (κ1) is 11.1. The minimum absolute atomic E-state index is 0.916. The van der Waals surface area contributed by atoms with Gasteiger partial charge in [-0.15, -0.1) is 0 Å². The van der Waals surface area contributed by atoms with Crippen LogP contribution in [0.3, 0.4) is 0 Å². The Balaban J connectivity index is 3.99. The second-order valence-corrected chi connectivity index (χ2v) is 2.95. The van der Waals surface area contributed by atoms with Gasteiger partial charge in [0.15, 0.2) is 0 Å². The molecule has 0 saturated heterocycles. The molecule has 0 radical (unpaired) electrons. The fourth-order valence-corrected chi connectivity index (χ4v) is 0.688. The van der Waals surface area contributed by atoms with E-state index in [9.17, 15) is 9.36 Å². The Morgan fingerprint density at radius 3 is 2.42 bits per heavy atom. The topological polar surface area (TPSA) is 83.8 Å². The summed E-state index contributed by atoms with van der Waals surface area (Å²) < 4.78 is 13.8. The number of phosphoric acid groups is 1. The van der Waals surface area contributed by atoms with Gasteiger partial charge in [-0.3, -0.25) is 9.79 Å². The van der Waals surface area contributed by atoms with Crippen molar-refractivity contribution in [3.63, 3.8) is 0 Å². The molecule has 6 heteroatoms. The quantitative estimate of drug-likeness (QED) is 0.391. The van der Waals surface area contributed by atoms with Gasteiger partial charge in [-0.1, -0.05) is 18.2 Å². The smallest absolute Gasteiger partial charge is 0.367 e. The first-order chi connectivity index (χ1) is 5.45. The summed E-state index contributed by atoms with van der Waals surface area (Å²) in [5.41, 5.74) is 0. The van der Waals surface area contributed by atoms with Crippen LogP contribution in [0.25, 0.3) is 0 Å². The number of phosphoric ester groups is 1. The summed E-state index contributed by atoms with van der Waals surface area (Å²) in [5.74, 6) is -1.07. The van der Waals surface area contributed by atoms with Crippen LogP contribution in [0.2, 0.25) is 0 Å². The molecular formula is C6H9O5P. The largest absolute Gasteiger partial charge is 0.527 e. The molecule has 0 unspecified atom stereocenters. The van der Waals surface area contributed by atoms with Crippen LogP contribution in [-0.4, -0.2) is 15.8 Å². The van der Waals surface area contributed by atoms with Crippen molar-refractivity contribution >= 4 is 13.8 Å². The Hall–Kier alpha value is -0.900. The minimum Gasteiger partial charge on any atom is -0.367 e. The standard InChI is InChI=1S/C6H9O5P/c1-2-3-4-5-6(7)11-12(8,9)10/h2-5H,1H3,(H2,8,9,10). The van der Waals surface area contributed by atoms with Gasteiger partial charge in [0.2, 0.25) is 0 Å². The maximum absolute atomic E-state index is 10.5. The van der Waals surface area contributed by atoms with Crippen molar-refractivity contribution in [2.24, 2.45) is 0 Å². The van der Waals surface area contributed by atoms with Gasteiger partial charge in [-0.25, -0.2) is 9.36 Å². The summed E-state index contributed by atoms with van der Waals surface area (Å²) in [4.78, 5) is 26.8. The van der Waals surface area contributed by atoms with Crippen LogP contribution in [0.1, 0.15) is 6.92 Å². The summed E-state index contributed by atoms with van der Waals surface area (Å²) in [6.45, 7) is 1.73. The SMILES string of the molecule is CC=CC=CC(=O)OP(=O)(O)O. The monoisotopic (exact) mass is 192 g/mol. The van der Waals surface area contributed by atoms with E-state index in [0.29, 0.717) is 0 Å². The van der Waals surface area contributed by atoms with Crippen molar-refractivity contribution in [3.8, 4) is 0 Å². The molecule has 0 aliphatic heterocycles. The van der Waals surface area contributed by atoms with Crippen molar-refractivity contribution in [3.05, 3.63) is 24.3 Å². The van der Waals surface area contributed by atoms with Crippen molar-refractivity contribution in [1.29, 1.82) is 0 Å². The summed E-state index contributed by atoms with van der Waals surface area (Å²) in [7, 11) is -4.70. The van der Waals surface area contributed by atoms with Gasteiger partial charge in [0, 0.05) is 6.08 Å². The third kappa shape index (κ3) is 7.21. The summed E-state index contributed by atoms with van der Waals surface area (Å²) in [6, 6.07) is 0. The maximum atomic E-state index is 10.5. The molecule has 0 spiro atoms. The number of rotatable bonds is 3. The lowest BCUT2D eigenvalue weighted by molar-refractivity contribution is -0.130. The Bertz CT molecular complexity index is 249. The zero-order chi connectivity index (χ0) is 9.61. The van der Waals surface area contributed by atoms with Crippen molar-refractivity contribution in [1.82, 2.24) is 0 Å². The molecule has 0 rings (SSSR count). The third-order valence-electron chi connectivity index (χ3n) is 0.745. The lowest BCUT2D eigenvalue weighted by Crippen LogP contribution is -1.97. The Labute approximate surface area is 69.6 Å². The van der Waals surface area contributed by atoms with Gasteiger partial charge >= 0.3 is 13.8 Å². The van der Waals surface area contributed by atoms with Gasteiger partial charge in [0.1, 0.15) is 0 Å². The van der Waals surface area contributed by atoms with E-state index in [1.807, 2.05) is 0 Å². The Morgan fingerprint density at radius 2 is 2.00 bits per heavy atom. The molecule has 68 valence electrons. The Morgan fingerprint density at radius 1 is 1.42 bits per heavy atom. The molecule has 5 nitrogen and oxygen atoms in total. The highest BCUT2D eigenvalue weighted by molar-refractivity contribution is 7.46. The Kier molecular flexibility index (Phi) is 4.51. The average molecular weight is 192 g/mol. The number of carbonyl (C=O) groups is 1. The number of carbonyl (C=O) groups excluding carboxylic acids is 1. The molecule has 0 aromatic rings. The van der Waals surface area contributed by atoms with Gasteiger partial charge in [-0.05, 0) is 6.92 Å². The van der Waals surface area contributed by atoms with E-state index in [2.05, 4.69) is 4.52 Å². The third-order valence-corrected chi connectivity index (χ3v) is 1.16. The average Bonchev–Trinajstić information content (AvgIpc) is 1.84. The highest BCUT2D eigenvalue weighted by Crippen LogP contribution is 2.35. The van der Waals surface area contributed by atoms with Crippen LogP contribution in [0.15, 0.2) is 24.3 Å². The summed E-state index contributed by atoms with van der Waals surface area (Å²) in [5, 5.41) is 0.